The van der Waals surface area contributed by atoms with E-state index in [9.17, 15) is 13.2 Å². The fraction of sp³-hybridized carbons (Fsp3) is 0.609. The number of benzene rings is 1. The van der Waals surface area contributed by atoms with Gasteiger partial charge in [0.15, 0.2) is 15.7 Å². The number of aryl methyl sites for hydroxylation is 1. The van der Waals surface area contributed by atoms with Crippen LogP contribution in [0.4, 0.5) is 4.79 Å². The van der Waals surface area contributed by atoms with Gasteiger partial charge in [-0.3, -0.25) is 0 Å². The molecule has 0 saturated carbocycles. The van der Waals surface area contributed by atoms with E-state index in [2.05, 4.69) is 41.3 Å². The highest BCUT2D eigenvalue weighted by Gasteiger charge is 2.37. The summed E-state index contributed by atoms with van der Waals surface area (Å²) in [5.41, 5.74) is 2.45. The van der Waals surface area contributed by atoms with E-state index in [-0.39, 0.29) is 42.5 Å². The van der Waals surface area contributed by atoms with Gasteiger partial charge in [-0.2, -0.15) is 4.98 Å². The van der Waals surface area contributed by atoms with E-state index < -0.39 is 9.84 Å². The topological polar surface area (TPSA) is 106 Å². The third kappa shape index (κ3) is 5.73. The molecule has 33 heavy (non-hydrogen) atoms. The van der Waals surface area contributed by atoms with Crippen LogP contribution in [0.5, 0.6) is 0 Å². The molecule has 2 amide bonds. The fourth-order valence-electron chi connectivity index (χ4n) is 4.53. The maximum absolute atomic E-state index is 13.3. The maximum atomic E-state index is 13.3. The van der Waals surface area contributed by atoms with Crippen molar-refractivity contribution in [1.82, 2.24) is 19.9 Å². The summed E-state index contributed by atoms with van der Waals surface area (Å²) in [6.07, 6.45) is 2.34. The van der Waals surface area contributed by atoms with Crippen molar-refractivity contribution in [3.63, 3.8) is 0 Å². The average molecular weight is 477 g/mol. The smallest absolute Gasteiger partial charge is 0.320 e. The first kappa shape index (κ1) is 23.7. The Bertz CT molecular complexity index is 1040. The molecule has 0 aliphatic carbocycles. The van der Waals surface area contributed by atoms with Crippen molar-refractivity contribution >= 4 is 15.9 Å². The van der Waals surface area contributed by atoms with Crippen LogP contribution in [0.2, 0.25) is 0 Å². The molecule has 180 valence electrons. The summed E-state index contributed by atoms with van der Waals surface area (Å²) < 4.78 is 34.3. The predicted octanol–water partition coefficient (Wildman–Crippen LogP) is 2.24. The number of hydrogen-bond acceptors (Lipinski definition) is 7. The number of rotatable bonds is 6. The molecule has 1 aromatic heterocycles. The zero-order valence-corrected chi connectivity index (χ0v) is 20.1. The Labute approximate surface area is 195 Å². The van der Waals surface area contributed by atoms with Crippen LogP contribution in [0.3, 0.4) is 0 Å². The molecular weight excluding hydrogens is 444 g/mol. The molecular formula is C23H32N4O5S. The van der Waals surface area contributed by atoms with E-state index in [1.807, 2.05) is 4.90 Å². The lowest BCUT2D eigenvalue weighted by molar-refractivity contribution is 0.130. The van der Waals surface area contributed by atoms with Crippen molar-refractivity contribution in [2.75, 3.05) is 51.4 Å². The zero-order valence-electron chi connectivity index (χ0n) is 19.3. The second-order valence-electron chi connectivity index (χ2n) is 8.84. The van der Waals surface area contributed by atoms with Crippen LogP contribution < -0.4 is 0 Å². The molecule has 2 fully saturated rings. The molecule has 2 saturated heterocycles. The van der Waals surface area contributed by atoms with Gasteiger partial charge < -0.3 is 19.1 Å². The lowest BCUT2D eigenvalue weighted by Gasteiger charge is -2.40. The molecule has 0 radical (unpaired) electrons. The molecule has 2 aliphatic rings. The number of amides is 2. The quantitative estimate of drug-likeness (QED) is 0.629. The molecule has 3 heterocycles. The summed E-state index contributed by atoms with van der Waals surface area (Å²) in [6, 6.07) is 8.43. The van der Waals surface area contributed by atoms with Gasteiger partial charge in [0.2, 0.25) is 5.89 Å². The summed E-state index contributed by atoms with van der Waals surface area (Å²) in [6.45, 7) is 4.16. The van der Waals surface area contributed by atoms with Crippen molar-refractivity contribution in [1.29, 1.82) is 0 Å². The van der Waals surface area contributed by atoms with Crippen LogP contribution in [0.25, 0.3) is 0 Å². The number of sulfone groups is 1. The van der Waals surface area contributed by atoms with E-state index in [0.717, 1.165) is 12.8 Å². The Hall–Kier alpha value is -2.46. The van der Waals surface area contributed by atoms with Gasteiger partial charge in [0.25, 0.3) is 0 Å². The molecule has 10 heteroatoms. The van der Waals surface area contributed by atoms with Crippen molar-refractivity contribution in [2.45, 2.75) is 38.0 Å². The number of nitrogens with zero attached hydrogens (tertiary/aromatic N) is 4. The van der Waals surface area contributed by atoms with Gasteiger partial charge in [-0.25, -0.2) is 13.2 Å². The van der Waals surface area contributed by atoms with Crippen LogP contribution >= 0.6 is 0 Å². The number of hydrogen-bond donors (Lipinski definition) is 0. The Morgan fingerprint density at radius 2 is 1.82 bits per heavy atom. The molecule has 2 aromatic rings. The van der Waals surface area contributed by atoms with Gasteiger partial charge >= 0.3 is 6.03 Å². The number of likely N-dealkylation sites (tertiary alicyclic amines) is 1. The van der Waals surface area contributed by atoms with Crippen molar-refractivity contribution in [3.8, 4) is 0 Å². The molecule has 0 spiro atoms. The van der Waals surface area contributed by atoms with Crippen LogP contribution in [-0.2, 0) is 27.4 Å². The molecule has 2 atom stereocenters. The largest absolute Gasteiger partial charge is 0.384 e. The molecule has 0 N–H and O–H groups in total. The summed E-state index contributed by atoms with van der Waals surface area (Å²) in [5, 5.41) is 4.08. The van der Waals surface area contributed by atoms with E-state index in [4.69, 9.17) is 9.26 Å². The van der Waals surface area contributed by atoms with Crippen molar-refractivity contribution < 1.29 is 22.5 Å². The first-order valence-corrected chi connectivity index (χ1v) is 13.3. The van der Waals surface area contributed by atoms with Crippen LogP contribution in [0, 0.1) is 0 Å². The summed E-state index contributed by atoms with van der Waals surface area (Å²) in [4.78, 5) is 21.4. The molecule has 0 bridgehead atoms. The van der Waals surface area contributed by atoms with Crippen LogP contribution in [0.1, 0.15) is 48.0 Å². The van der Waals surface area contributed by atoms with Gasteiger partial charge in [0.1, 0.15) is 0 Å². The number of piperidine rings is 1. The minimum atomic E-state index is -3.05. The molecule has 2 unspecified atom stereocenters. The number of aromatic nitrogens is 2. The number of methoxy groups -OCH3 is 1. The standard InChI is InChI=1S/C23H32N4O5S/c1-3-17-4-6-18(7-5-17)19-14-20(22-24-21(25-32-22)8-11-31-2)16-27(15-19)23(28)26-9-12-33(29,30)13-10-26/h4-7,19-20H,3,8-16H2,1-2H3. The Morgan fingerprint density at radius 3 is 2.48 bits per heavy atom. The van der Waals surface area contributed by atoms with Gasteiger partial charge in [-0.15, -0.1) is 0 Å². The maximum Gasteiger partial charge on any atom is 0.320 e. The lowest BCUT2D eigenvalue weighted by Crippen LogP contribution is -2.53. The number of urea groups is 1. The molecule has 2 aliphatic heterocycles. The van der Waals surface area contributed by atoms with Gasteiger partial charge in [-0.05, 0) is 24.0 Å². The van der Waals surface area contributed by atoms with E-state index in [0.29, 0.717) is 37.8 Å². The first-order valence-electron chi connectivity index (χ1n) is 11.5. The van der Waals surface area contributed by atoms with Crippen molar-refractivity contribution in [2.24, 2.45) is 0 Å². The number of carbonyl (C=O) groups excluding carboxylic acids is 1. The average Bonchev–Trinajstić information content (AvgIpc) is 3.31. The van der Waals surface area contributed by atoms with Gasteiger partial charge in [0, 0.05) is 45.6 Å². The molecule has 9 nitrogen and oxygen atoms in total. The number of carbonyl (C=O) groups is 1. The zero-order chi connectivity index (χ0) is 23.4. The highest BCUT2D eigenvalue weighted by Crippen LogP contribution is 2.36. The minimum Gasteiger partial charge on any atom is -0.384 e. The Kier molecular flexibility index (Phi) is 7.33. The normalized spacial score (nSPS) is 23.0. The number of ether oxygens (including phenoxy) is 1. The third-order valence-electron chi connectivity index (χ3n) is 6.56. The van der Waals surface area contributed by atoms with Gasteiger partial charge in [0.05, 0.1) is 24.0 Å². The van der Waals surface area contributed by atoms with E-state index in [1.54, 1.807) is 12.0 Å². The predicted molar refractivity (Wildman–Crippen MR) is 123 cm³/mol. The SMILES string of the molecule is CCc1ccc(C2CC(c3nc(CCOC)no3)CN(C(=O)N3CCS(=O)(=O)CC3)C2)cc1. The Morgan fingerprint density at radius 1 is 1.12 bits per heavy atom. The summed E-state index contributed by atoms with van der Waals surface area (Å²) >= 11 is 0. The Balaban J connectivity index is 1.55. The fourth-order valence-corrected chi connectivity index (χ4v) is 5.73. The first-order chi connectivity index (χ1) is 15.9. The minimum absolute atomic E-state index is 0.0183. The van der Waals surface area contributed by atoms with Crippen LogP contribution in [0.15, 0.2) is 28.8 Å². The van der Waals surface area contributed by atoms with Gasteiger partial charge in [-0.1, -0.05) is 36.3 Å². The monoisotopic (exact) mass is 476 g/mol. The second kappa shape index (κ2) is 10.2. The third-order valence-corrected chi connectivity index (χ3v) is 8.17. The molecule has 4 rings (SSSR count). The highest BCUT2D eigenvalue weighted by atomic mass is 32.2. The van der Waals surface area contributed by atoms with E-state index >= 15 is 0 Å². The second-order valence-corrected chi connectivity index (χ2v) is 11.1. The van der Waals surface area contributed by atoms with Crippen LogP contribution in [-0.4, -0.2) is 85.8 Å². The van der Waals surface area contributed by atoms with Crippen molar-refractivity contribution in [3.05, 3.63) is 47.1 Å². The summed E-state index contributed by atoms with van der Waals surface area (Å²) in [5.74, 6) is 1.21. The molecule has 1 aromatic carbocycles. The summed E-state index contributed by atoms with van der Waals surface area (Å²) in [7, 11) is -1.42. The van der Waals surface area contributed by atoms with E-state index in [1.165, 1.54) is 11.1 Å². The highest BCUT2D eigenvalue weighted by molar-refractivity contribution is 7.91. The lowest BCUT2D eigenvalue weighted by atomic mass is 9.84.